The van der Waals surface area contributed by atoms with Gasteiger partial charge in [-0.2, -0.15) is 0 Å². The molecule has 1 amide bonds. The Balaban J connectivity index is 2.06. The van der Waals surface area contributed by atoms with E-state index in [1.165, 1.54) is 0 Å². The molecule has 1 saturated heterocycles. The van der Waals surface area contributed by atoms with E-state index in [0.717, 1.165) is 16.8 Å². The van der Waals surface area contributed by atoms with Crippen molar-refractivity contribution < 1.29 is 14.6 Å². The molecule has 1 aromatic heterocycles. The largest absolute Gasteiger partial charge is 0.394 e. The molecule has 8 nitrogen and oxygen atoms in total. The molecule has 1 fully saturated rings. The molecule has 0 bridgehead atoms. The minimum atomic E-state index is -0.714. The third-order valence-electron chi connectivity index (χ3n) is 3.35. The van der Waals surface area contributed by atoms with Crippen LogP contribution in [0.15, 0.2) is 21.7 Å². The van der Waals surface area contributed by atoms with Crippen molar-refractivity contribution in [1.82, 2.24) is 15.1 Å². The SMILES string of the molecule is O=C(Cn1[nH]c(=O)ccc1=O)NC1(CO)CCOCC1. The zero-order chi connectivity index (χ0) is 14.6. The smallest absolute Gasteiger partial charge is 0.265 e. The van der Waals surface area contributed by atoms with Gasteiger partial charge in [-0.25, -0.2) is 4.68 Å². The van der Waals surface area contributed by atoms with Gasteiger partial charge in [-0.15, -0.1) is 0 Å². The second-order valence-electron chi connectivity index (χ2n) is 4.83. The van der Waals surface area contributed by atoms with E-state index in [9.17, 15) is 19.5 Å². The summed E-state index contributed by atoms with van der Waals surface area (Å²) in [6, 6.07) is 2.20. The molecule has 1 aliphatic rings. The van der Waals surface area contributed by atoms with Crippen molar-refractivity contribution in [3.8, 4) is 0 Å². The lowest BCUT2D eigenvalue weighted by Crippen LogP contribution is -2.55. The number of aromatic nitrogens is 2. The minimum Gasteiger partial charge on any atom is -0.394 e. The van der Waals surface area contributed by atoms with Gasteiger partial charge < -0.3 is 15.2 Å². The number of nitrogens with one attached hydrogen (secondary N) is 2. The number of carbonyl (C=O) groups is 1. The Morgan fingerprint density at radius 3 is 2.75 bits per heavy atom. The number of carbonyl (C=O) groups excluding carboxylic acids is 1. The van der Waals surface area contributed by atoms with E-state index in [1.807, 2.05) is 0 Å². The van der Waals surface area contributed by atoms with Crippen molar-refractivity contribution in [3.05, 3.63) is 32.8 Å². The molecule has 0 aliphatic carbocycles. The van der Waals surface area contributed by atoms with E-state index in [2.05, 4.69) is 10.4 Å². The van der Waals surface area contributed by atoms with Crippen molar-refractivity contribution in [1.29, 1.82) is 0 Å². The van der Waals surface area contributed by atoms with Crippen LogP contribution in [0.1, 0.15) is 12.8 Å². The lowest BCUT2D eigenvalue weighted by molar-refractivity contribution is -0.126. The summed E-state index contributed by atoms with van der Waals surface area (Å²) in [5, 5.41) is 14.5. The molecule has 8 heteroatoms. The molecular formula is C12H17N3O5. The fourth-order valence-corrected chi connectivity index (χ4v) is 2.14. The number of hydrogen-bond acceptors (Lipinski definition) is 5. The zero-order valence-corrected chi connectivity index (χ0v) is 10.9. The van der Waals surface area contributed by atoms with Gasteiger partial charge in [0.05, 0.1) is 12.1 Å². The predicted octanol–water partition coefficient (Wildman–Crippen LogP) is -1.81. The van der Waals surface area contributed by atoms with Crippen LogP contribution in [0.25, 0.3) is 0 Å². The van der Waals surface area contributed by atoms with E-state index in [1.54, 1.807) is 0 Å². The number of ether oxygens (including phenoxy) is 1. The van der Waals surface area contributed by atoms with Gasteiger partial charge >= 0.3 is 0 Å². The summed E-state index contributed by atoms with van der Waals surface area (Å²) in [7, 11) is 0. The average molecular weight is 283 g/mol. The maximum absolute atomic E-state index is 12.0. The average Bonchev–Trinajstić information content (AvgIpc) is 2.44. The van der Waals surface area contributed by atoms with Gasteiger partial charge in [0.15, 0.2) is 0 Å². The highest BCUT2D eigenvalue weighted by molar-refractivity contribution is 5.76. The highest BCUT2D eigenvalue weighted by Crippen LogP contribution is 2.19. The van der Waals surface area contributed by atoms with Crippen molar-refractivity contribution in [3.63, 3.8) is 0 Å². The summed E-state index contributed by atoms with van der Waals surface area (Å²) >= 11 is 0. The predicted molar refractivity (Wildman–Crippen MR) is 69.3 cm³/mol. The molecule has 1 aromatic rings. The first-order valence-corrected chi connectivity index (χ1v) is 6.34. The van der Waals surface area contributed by atoms with Gasteiger partial charge in [-0.1, -0.05) is 0 Å². The molecule has 0 aromatic carbocycles. The number of hydrogen-bond donors (Lipinski definition) is 3. The summed E-state index contributed by atoms with van der Waals surface area (Å²) in [5.41, 5.74) is -1.64. The zero-order valence-electron chi connectivity index (χ0n) is 10.9. The maximum Gasteiger partial charge on any atom is 0.265 e. The van der Waals surface area contributed by atoms with Crippen LogP contribution in [0.2, 0.25) is 0 Å². The van der Waals surface area contributed by atoms with Crippen molar-refractivity contribution in [2.24, 2.45) is 0 Å². The fourth-order valence-electron chi connectivity index (χ4n) is 2.14. The van der Waals surface area contributed by atoms with Crippen LogP contribution in [0, 0.1) is 0 Å². The van der Waals surface area contributed by atoms with Crippen LogP contribution in [-0.2, 0) is 16.1 Å². The van der Waals surface area contributed by atoms with Crippen molar-refractivity contribution >= 4 is 5.91 Å². The third-order valence-corrected chi connectivity index (χ3v) is 3.35. The lowest BCUT2D eigenvalue weighted by atomic mass is 9.91. The molecule has 2 heterocycles. The highest BCUT2D eigenvalue weighted by atomic mass is 16.5. The molecule has 3 N–H and O–H groups in total. The van der Waals surface area contributed by atoms with Gasteiger partial charge in [0.2, 0.25) is 5.91 Å². The van der Waals surface area contributed by atoms with Gasteiger partial charge in [0.1, 0.15) is 6.54 Å². The van der Waals surface area contributed by atoms with E-state index in [0.29, 0.717) is 26.1 Å². The number of amides is 1. The van der Waals surface area contributed by atoms with Gasteiger partial charge in [0.25, 0.3) is 11.1 Å². The highest BCUT2D eigenvalue weighted by Gasteiger charge is 2.33. The molecule has 20 heavy (non-hydrogen) atoms. The molecular weight excluding hydrogens is 266 g/mol. The molecule has 0 unspecified atom stereocenters. The van der Waals surface area contributed by atoms with Crippen LogP contribution in [0.3, 0.4) is 0 Å². The van der Waals surface area contributed by atoms with E-state index in [4.69, 9.17) is 4.74 Å². The fraction of sp³-hybridized carbons (Fsp3) is 0.583. The standard InChI is InChI=1S/C12H17N3O5/c16-8-12(3-5-20-6-4-12)13-10(18)7-15-11(19)2-1-9(17)14-15/h1-2,16H,3-8H2,(H,13,18)(H,14,17). The summed E-state index contributed by atoms with van der Waals surface area (Å²) in [5.74, 6) is -0.440. The molecule has 0 radical (unpaired) electrons. The molecule has 0 atom stereocenters. The second kappa shape index (κ2) is 6.02. The molecule has 0 spiro atoms. The Kier molecular flexibility index (Phi) is 4.35. The van der Waals surface area contributed by atoms with E-state index in [-0.39, 0.29) is 13.2 Å². The maximum atomic E-state index is 12.0. The lowest BCUT2D eigenvalue weighted by Gasteiger charge is -2.36. The first kappa shape index (κ1) is 14.5. The van der Waals surface area contributed by atoms with Crippen LogP contribution < -0.4 is 16.4 Å². The quantitative estimate of drug-likeness (QED) is 0.603. The Morgan fingerprint density at radius 2 is 2.10 bits per heavy atom. The van der Waals surface area contributed by atoms with Gasteiger partial charge in [-0.3, -0.25) is 19.5 Å². The second-order valence-corrected chi connectivity index (χ2v) is 4.83. The van der Waals surface area contributed by atoms with Crippen LogP contribution in [0.5, 0.6) is 0 Å². The number of nitrogens with zero attached hydrogens (tertiary/aromatic N) is 1. The minimum absolute atomic E-state index is 0.192. The third kappa shape index (κ3) is 3.34. The monoisotopic (exact) mass is 283 g/mol. The van der Waals surface area contributed by atoms with Crippen molar-refractivity contribution in [2.45, 2.75) is 24.9 Å². The summed E-state index contributed by atoms with van der Waals surface area (Å²) in [6.07, 6.45) is 1.02. The number of aliphatic hydroxyl groups excluding tert-OH is 1. The Morgan fingerprint density at radius 1 is 1.40 bits per heavy atom. The van der Waals surface area contributed by atoms with E-state index < -0.39 is 22.6 Å². The van der Waals surface area contributed by atoms with Crippen LogP contribution >= 0.6 is 0 Å². The number of aliphatic hydroxyl groups is 1. The molecule has 2 rings (SSSR count). The molecule has 0 saturated carbocycles. The number of aromatic amines is 1. The topological polar surface area (TPSA) is 113 Å². The number of H-pyrrole nitrogens is 1. The summed E-state index contributed by atoms with van der Waals surface area (Å²) in [4.78, 5) is 34.6. The van der Waals surface area contributed by atoms with E-state index >= 15 is 0 Å². The van der Waals surface area contributed by atoms with Gasteiger partial charge in [-0.05, 0) is 12.8 Å². The Hall–Kier alpha value is -1.93. The molecule has 110 valence electrons. The Bertz CT molecular complexity index is 585. The number of rotatable bonds is 4. The summed E-state index contributed by atoms with van der Waals surface area (Å²) < 4.78 is 6.13. The normalized spacial score (nSPS) is 17.6. The van der Waals surface area contributed by atoms with Crippen LogP contribution in [-0.4, -0.2) is 46.2 Å². The Labute approximate surface area is 114 Å². The first-order valence-electron chi connectivity index (χ1n) is 6.34. The summed E-state index contributed by atoms with van der Waals surface area (Å²) in [6.45, 7) is 0.436. The van der Waals surface area contributed by atoms with Crippen molar-refractivity contribution in [2.75, 3.05) is 19.8 Å². The van der Waals surface area contributed by atoms with Gasteiger partial charge in [0, 0.05) is 25.3 Å². The first-order chi connectivity index (χ1) is 9.54. The van der Waals surface area contributed by atoms with Crippen LogP contribution in [0.4, 0.5) is 0 Å². The molecule has 1 aliphatic heterocycles.